The molecule has 0 radical (unpaired) electrons. The molecule has 7 heteroatoms. The van der Waals surface area contributed by atoms with E-state index in [4.69, 9.17) is 16.0 Å². The van der Waals surface area contributed by atoms with Crippen LogP contribution in [0.2, 0.25) is 5.02 Å². The zero-order chi connectivity index (χ0) is 17.4. The van der Waals surface area contributed by atoms with Crippen LogP contribution in [0.5, 0.6) is 0 Å². The molecule has 1 aliphatic heterocycles. The minimum absolute atomic E-state index is 0.128. The highest BCUT2D eigenvalue weighted by Crippen LogP contribution is 2.26. The Bertz CT molecular complexity index is 841. The molecule has 0 saturated carbocycles. The molecule has 1 saturated heterocycles. The molecule has 6 nitrogen and oxygen atoms in total. The summed E-state index contributed by atoms with van der Waals surface area (Å²) < 4.78 is 5.66. The lowest BCUT2D eigenvalue weighted by atomic mass is 10.1. The molecule has 3 rings (SSSR count). The molecule has 24 heavy (non-hydrogen) atoms. The molecule has 1 fully saturated rings. The second kappa shape index (κ2) is 5.98. The van der Waals surface area contributed by atoms with Gasteiger partial charge in [0.2, 0.25) is 0 Å². The van der Waals surface area contributed by atoms with E-state index in [9.17, 15) is 14.4 Å². The van der Waals surface area contributed by atoms with E-state index in [1.807, 2.05) is 0 Å². The van der Waals surface area contributed by atoms with Crippen LogP contribution >= 0.6 is 11.6 Å². The van der Waals surface area contributed by atoms with Gasteiger partial charge in [0, 0.05) is 24.7 Å². The molecule has 4 amide bonds. The van der Waals surface area contributed by atoms with Gasteiger partial charge in [-0.3, -0.25) is 19.4 Å². The number of hydrogen-bond acceptors (Lipinski definition) is 4. The molecule has 122 valence electrons. The second-order valence-electron chi connectivity index (χ2n) is 5.28. The fraction of sp³-hybridized carbons (Fsp3) is 0.118. The minimum atomic E-state index is -0.663. The van der Waals surface area contributed by atoms with Crippen molar-refractivity contribution in [2.75, 3.05) is 14.1 Å². The number of benzene rings is 1. The van der Waals surface area contributed by atoms with Crippen LogP contribution in [-0.4, -0.2) is 41.7 Å². The Hall–Kier alpha value is -2.86. The van der Waals surface area contributed by atoms with Crippen LogP contribution < -0.4 is 0 Å². The number of carbonyl (C=O) groups excluding carboxylic acids is 3. The number of hydrogen-bond donors (Lipinski definition) is 0. The van der Waals surface area contributed by atoms with E-state index in [0.29, 0.717) is 16.5 Å². The maximum atomic E-state index is 12.1. The summed E-state index contributed by atoms with van der Waals surface area (Å²) in [6.45, 7) is 0. The van der Waals surface area contributed by atoms with Gasteiger partial charge in [-0.05, 0) is 42.5 Å². The Labute approximate surface area is 142 Å². The van der Waals surface area contributed by atoms with Gasteiger partial charge in [-0.15, -0.1) is 0 Å². The van der Waals surface area contributed by atoms with Crippen LogP contribution in [-0.2, 0) is 9.59 Å². The van der Waals surface area contributed by atoms with E-state index >= 15 is 0 Å². The van der Waals surface area contributed by atoms with Crippen molar-refractivity contribution in [3.63, 3.8) is 0 Å². The standard InChI is InChI=1S/C17H13ClN2O4/c1-19-15(21)13(16(22)20(2)17(19)23)9-12-7-8-14(24-12)10-3-5-11(18)6-4-10/h3-9H,1-2H3. The van der Waals surface area contributed by atoms with Gasteiger partial charge in [0.05, 0.1) is 0 Å². The lowest BCUT2D eigenvalue weighted by Crippen LogP contribution is -2.52. The highest BCUT2D eigenvalue weighted by atomic mass is 35.5. The van der Waals surface area contributed by atoms with Crippen molar-refractivity contribution in [2.24, 2.45) is 0 Å². The van der Waals surface area contributed by atoms with Crippen LogP contribution in [0.4, 0.5) is 4.79 Å². The maximum absolute atomic E-state index is 12.1. The van der Waals surface area contributed by atoms with Crippen molar-refractivity contribution in [2.45, 2.75) is 0 Å². The summed E-state index contributed by atoms with van der Waals surface area (Å²) >= 11 is 5.85. The van der Waals surface area contributed by atoms with Gasteiger partial charge in [-0.2, -0.15) is 0 Å². The quantitative estimate of drug-likeness (QED) is 0.620. The number of furan rings is 1. The molecule has 0 atom stereocenters. The summed E-state index contributed by atoms with van der Waals surface area (Å²) in [7, 11) is 2.64. The first-order valence-electron chi connectivity index (χ1n) is 7.06. The number of rotatable bonds is 2. The summed E-state index contributed by atoms with van der Waals surface area (Å²) in [5.74, 6) is -0.403. The largest absolute Gasteiger partial charge is 0.457 e. The van der Waals surface area contributed by atoms with Crippen molar-refractivity contribution in [1.29, 1.82) is 0 Å². The first-order chi connectivity index (χ1) is 11.4. The summed E-state index contributed by atoms with van der Waals surface area (Å²) in [6, 6.07) is 9.79. The number of halogens is 1. The van der Waals surface area contributed by atoms with E-state index in [-0.39, 0.29) is 5.57 Å². The monoisotopic (exact) mass is 344 g/mol. The number of carbonyl (C=O) groups is 3. The number of amides is 4. The number of urea groups is 1. The van der Waals surface area contributed by atoms with E-state index in [2.05, 4.69) is 0 Å². The molecule has 0 aliphatic carbocycles. The number of nitrogens with zero attached hydrogens (tertiary/aromatic N) is 2. The van der Waals surface area contributed by atoms with E-state index in [1.54, 1.807) is 36.4 Å². The Morgan fingerprint density at radius 3 is 2.08 bits per heavy atom. The van der Waals surface area contributed by atoms with Crippen LogP contribution in [0, 0.1) is 0 Å². The van der Waals surface area contributed by atoms with Crippen LogP contribution in [0.25, 0.3) is 17.4 Å². The molecule has 0 unspecified atom stereocenters. The Balaban J connectivity index is 1.94. The molecule has 1 aromatic heterocycles. The summed E-state index contributed by atoms with van der Waals surface area (Å²) in [6.07, 6.45) is 1.34. The van der Waals surface area contributed by atoms with Gasteiger partial charge < -0.3 is 4.42 Å². The van der Waals surface area contributed by atoms with Crippen LogP contribution in [0.15, 0.2) is 46.4 Å². The fourth-order valence-electron chi connectivity index (χ4n) is 2.32. The van der Waals surface area contributed by atoms with Gasteiger partial charge in [-0.25, -0.2) is 4.79 Å². The topological polar surface area (TPSA) is 70.8 Å². The average Bonchev–Trinajstić information content (AvgIpc) is 3.04. The zero-order valence-electron chi connectivity index (χ0n) is 12.9. The summed E-state index contributed by atoms with van der Waals surface area (Å²) in [5.41, 5.74) is 0.686. The molecular weight excluding hydrogens is 332 g/mol. The molecule has 2 heterocycles. The second-order valence-corrected chi connectivity index (χ2v) is 5.71. The molecule has 0 spiro atoms. The molecular formula is C17H13ClN2O4. The normalized spacial score (nSPS) is 15.3. The lowest BCUT2D eigenvalue weighted by molar-refractivity contribution is -0.134. The highest BCUT2D eigenvalue weighted by molar-refractivity contribution is 6.31. The van der Waals surface area contributed by atoms with Gasteiger partial charge in [-0.1, -0.05) is 11.6 Å². The highest BCUT2D eigenvalue weighted by Gasteiger charge is 2.38. The third kappa shape index (κ3) is 2.72. The van der Waals surface area contributed by atoms with Crippen molar-refractivity contribution < 1.29 is 18.8 Å². The predicted octanol–water partition coefficient (Wildman–Crippen LogP) is 3.03. The molecule has 1 aromatic carbocycles. The Morgan fingerprint density at radius 2 is 1.50 bits per heavy atom. The van der Waals surface area contributed by atoms with Gasteiger partial charge in [0.1, 0.15) is 17.1 Å². The van der Waals surface area contributed by atoms with E-state index in [0.717, 1.165) is 15.4 Å². The maximum Gasteiger partial charge on any atom is 0.333 e. The van der Waals surface area contributed by atoms with Crippen molar-refractivity contribution in [3.05, 3.63) is 52.8 Å². The SMILES string of the molecule is CN1C(=O)C(=Cc2ccc(-c3ccc(Cl)cc3)o2)C(=O)N(C)C1=O. The Kier molecular flexibility index (Phi) is 3.99. The third-order valence-electron chi connectivity index (χ3n) is 3.69. The van der Waals surface area contributed by atoms with Gasteiger partial charge in [0.15, 0.2) is 0 Å². The molecule has 0 N–H and O–H groups in total. The number of likely N-dealkylation sites (N-methyl/N-ethyl adjacent to an activating group) is 2. The van der Waals surface area contributed by atoms with Crippen molar-refractivity contribution >= 4 is 35.5 Å². The van der Waals surface area contributed by atoms with Crippen LogP contribution in [0.1, 0.15) is 5.76 Å². The van der Waals surface area contributed by atoms with E-state index < -0.39 is 17.8 Å². The van der Waals surface area contributed by atoms with E-state index in [1.165, 1.54) is 20.2 Å². The summed E-state index contributed by atoms with van der Waals surface area (Å²) in [5, 5.41) is 0.613. The van der Waals surface area contributed by atoms with Gasteiger partial charge in [0.25, 0.3) is 11.8 Å². The molecule has 0 bridgehead atoms. The molecule has 1 aliphatic rings. The predicted molar refractivity (Wildman–Crippen MR) is 88.1 cm³/mol. The smallest absolute Gasteiger partial charge is 0.333 e. The van der Waals surface area contributed by atoms with Gasteiger partial charge >= 0.3 is 6.03 Å². The summed E-state index contributed by atoms with van der Waals surface area (Å²) in [4.78, 5) is 37.8. The zero-order valence-corrected chi connectivity index (χ0v) is 13.7. The van der Waals surface area contributed by atoms with Crippen molar-refractivity contribution in [3.8, 4) is 11.3 Å². The first-order valence-corrected chi connectivity index (χ1v) is 7.44. The lowest BCUT2D eigenvalue weighted by Gasteiger charge is -2.28. The fourth-order valence-corrected chi connectivity index (χ4v) is 2.44. The van der Waals surface area contributed by atoms with Crippen LogP contribution in [0.3, 0.4) is 0 Å². The Morgan fingerprint density at radius 1 is 0.917 bits per heavy atom. The minimum Gasteiger partial charge on any atom is -0.457 e. The average molecular weight is 345 g/mol. The first kappa shape index (κ1) is 16.0. The third-order valence-corrected chi connectivity index (χ3v) is 3.94. The number of imide groups is 2. The molecule has 2 aromatic rings. The van der Waals surface area contributed by atoms with Crippen molar-refractivity contribution in [1.82, 2.24) is 9.80 Å². The number of barbiturate groups is 1.